The number of benzene rings is 1. The summed E-state index contributed by atoms with van der Waals surface area (Å²) < 4.78 is 5.70. The number of hydrogen-bond donors (Lipinski definition) is 1. The Kier molecular flexibility index (Phi) is 9.05. The van der Waals surface area contributed by atoms with E-state index in [9.17, 15) is 0 Å². The monoisotopic (exact) mass is 278 g/mol. The summed E-state index contributed by atoms with van der Waals surface area (Å²) in [6.45, 7) is 3.06. The minimum absolute atomic E-state index is 0.109. The van der Waals surface area contributed by atoms with E-state index >= 15 is 0 Å². The lowest BCUT2D eigenvalue weighted by molar-refractivity contribution is 0.305. The summed E-state index contributed by atoms with van der Waals surface area (Å²) >= 11 is 1.94. The molecule has 0 heterocycles. The third-order valence-corrected chi connectivity index (χ3v) is 3.47. The van der Waals surface area contributed by atoms with Crippen LogP contribution in [0.1, 0.15) is 31.7 Å². The molecule has 0 amide bonds. The smallest absolute Gasteiger partial charge is 0.120 e. The van der Waals surface area contributed by atoms with E-state index in [1.807, 2.05) is 36.0 Å². The molecule has 0 atom stereocenters. The molecule has 1 N–H and O–H groups in total. The van der Waals surface area contributed by atoms with Gasteiger partial charge in [0.25, 0.3) is 0 Å². The van der Waals surface area contributed by atoms with Gasteiger partial charge >= 0.3 is 0 Å². The first kappa shape index (κ1) is 15.9. The zero-order valence-corrected chi connectivity index (χ0v) is 12.3. The molecule has 0 aliphatic rings. The van der Waals surface area contributed by atoms with Gasteiger partial charge in [0.2, 0.25) is 0 Å². The summed E-state index contributed by atoms with van der Waals surface area (Å²) in [7, 11) is 0. The lowest BCUT2D eigenvalue weighted by atomic mass is 10.2. The van der Waals surface area contributed by atoms with E-state index in [2.05, 4.69) is 18.8 Å². The molecule has 19 heavy (non-hydrogen) atoms. The summed E-state index contributed by atoms with van der Waals surface area (Å²) in [4.78, 5) is 0. The van der Waals surface area contributed by atoms with Crippen LogP contribution in [0.3, 0.4) is 0 Å². The number of hydrogen-bond acceptors (Lipinski definition) is 3. The highest BCUT2D eigenvalue weighted by atomic mass is 32.2. The van der Waals surface area contributed by atoms with E-state index in [-0.39, 0.29) is 6.61 Å². The highest BCUT2D eigenvalue weighted by molar-refractivity contribution is 7.99. The first-order valence-electron chi connectivity index (χ1n) is 6.77. The quantitative estimate of drug-likeness (QED) is 0.584. The molecule has 3 heteroatoms. The van der Waals surface area contributed by atoms with E-state index in [1.54, 1.807) is 0 Å². The molecule has 1 rings (SSSR count). The van der Waals surface area contributed by atoms with Crippen LogP contribution in [0.15, 0.2) is 24.3 Å². The fourth-order valence-electron chi connectivity index (χ4n) is 1.45. The van der Waals surface area contributed by atoms with Gasteiger partial charge in [-0.3, -0.25) is 0 Å². The van der Waals surface area contributed by atoms with Crippen molar-refractivity contribution in [1.29, 1.82) is 0 Å². The predicted octanol–water partition coefficient (Wildman–Crippen LogP) is 3.33. The van der Waals surface area contributed by atoms with Gasteiger partial charge in [0.15, 0.2) is 0 Å². The number of rotatable bonds is 8. The molecule has 0 saturated heterocycles. The fourth-order valence-corrected chi connectivity index (χ4v) is 2.35. The van der Waals surface area contributed by atoms with Gasteiger partial charge in [0.05, 0.1) is 13.2 Å². The van der Waals surface area contributed by atoms with Gasteiger partial charge < -0.3 is 9.84 Å². The second kappa shape index (κ2) is 10.8. The van der Waals surface area contributed by atoms with Crippen molar-refractivity contribution >= 4 is 11.8 Å². The van der Waals surface area contributed by atoms with Crippen molar-refractivity contribution in [2.24, 2.45) is 0 Å². The van der Waals surface area contributed by atoms with E-state index in [0.717, 1.165) is 23.7 Å². The molecule has 0 saturated carbocycles. The van der Waals surface area contributed by atoms with Crippen molar-refractivity contribution in [3.63, 3.8) is 0 Å². The van der Waals surface area contributed by atoms with Crippen LogP contribution < -0.4 is 4.74 Å². The molecule has 0 spiro atoms. The summed E-state index contributed by atoms with van der Waals surface area (Å²) in [5.41, 5.74) is 0.935. The van der Waals surface area contributed by atoms with Gasteiger partial charge in [-0.25, -0.2) is 0 Å². The summed E-state index contributed by atoms with van der Waals surface area (Å²) in [6.07, 6.45) is 3.04. The van der Waals surface area contributed by atoms with Crippen molar-refractivity contribution in [2.75, 3.05) is 24.7 Å². The topological polar surface area (TPSA) is 29.5 Å². The maximum Gasteiger partial charge on any atom is 0.120 e. The van der Waals surface area contributed by atoms with Crippen molar-refractivity contribution in [1.82, 2.24) is 0 Å². The Labute approximate surface area is 120 Å². The van der Waals surface area contributed by atoms with Gasteiger partial charge in [0, 0.05) is 17.7 Å². The Bertz CT molecular complexity index is 407. The summed E-state index contributed by atoms with van der Waals surface area (Å²) in [5.74, 6) is 9.03. The maximum absolute atomic E-state index is 8.67. The van der Waals surface area contributed by atoms with Crippen LogP contribution in [0.4, 0.5) is 0 Å². The standard InChI is InChI=1S/C16H22O2S/c1-2-3-12-19-13-11-18-16-9-6-8-15(14-16)7-4-5-10-17/h6,8-9,14,17H,2-3,5,10-13H2,1H3. The average molecular weight is 278 g/mol. The second-order valence-corrected chi connectivity index (χ2v) is 5.34. The van der Waals surface area contributed by atoms with Crippen LogP contribution in [0.2, 0.25) is 0 Å². The molecule has 0 radical (unpaired) electrons. The zero-order chi connectivity index (χ0) is 13.8. The van der Waals surface area contributed by atoms with Gasteiger partial charge in [0.1, 0.15) is 5.75 Å². The minimum atomic E-state index is 0.109. The van der Waals surface area contributed by atoms with Crippen molar-refractivity contribution in [3.8, 4) is 17.6 Å². The van der Waals surface area contributed by atoms with E-state index in [4.69, 9.17) is 9.84 Å². The molecule has 0 bridgehead atoms. The largest absolute Gasteiger partial charge is 0.493 e. The van der Waals surface area contributed by atoms with E-state index in [0.29, 0.717) is 6.42 Å². The van der Waals surface area contributed by atoms with Crippen LogP contribution >= 0.6 is 11.8 Å². The molecule has 1 aromatic rings. The van der Waals surface area contributed by atoms with Crippen molar-refractivity contribution in [3.05, 3.63) is 29.8 Å². The Morgan fingerprint density at radius 3 is 3.00 bits per heavy atom. The number of ether oxygens (including phenoxy) is 1. The molecule has 104 valence electrons. The van der Waals surface area contributed by atoms with Crippen LogP contribution in [0.5, 0.6) is 5.75 Å². The predicted molar refractivity (Wildman–Crippen MR) is 82.8 cm³/mol. The number of thioether (sulfide) groups is 1. The lowest BCUT2D eigenvalue weighted by Crippen LogP contribution is -2.00. The van der Waals surface area contributed by atoms with Gasteiger partial charge in [-0.1, -0.05) is 31.3 Å². The summed E-state index contributed by atoms with van der Waals surface area (Å²) in [5, 5.41) is 8.67. The normalized spacial score (nSPS) is 9.79. The van der Waals surface area contributed by atoms with Crippen molar-refractivity contribution < 1.29 is 9.84 Å². The fraction of sp³-hybridized carbons (Fsp3) is 0.500. The molecule has 0 fully saturated rings. The Morgan fingerprint density at radius 1 is 1.32 bits per heavy atom. The van der Waals surface area contributed by atoms with Gasteiger partial charge in [-0.15, -0.1) is 0 Å². The lowest BCUT2D eigenvalue weighted by Gasteiger charge is -2.06. The third kappa shape index (κ3) is 7.81. The zero-order valence-electron chi connectivity index (χ0n) is 11.5. The minimum Gasteiger partial charge on any atom is -0.493 e. The SMILES string of the molecule is CCCCSCCOc1cccc(C#CCCO)c1. The molecular formula is C16H22O2S. The van der Waals surface area contributed by atoms with Crippen LogP contribution in [-0.4, -0.2) is 29.8 Å². The molecule has 0 aromatic heterocycles. The highest BCUT2D eigenvalue weighted by Crippen LogP contribution is 2.13. The number of aliphatic hydroxyl groups excluding tert-OH is 1. The van der Waals surface area contributed by atoms with Crippen LogP contribution in [0.25, 0.3) is 0 Å². The van der Waals surface area contributed by atoms with Crippen LogP contribution in [0, 0.1) is 11.8 Å². The maximum atomic E-state index is 8.67. The molecule has 0 unspecified atom stereocenters. The molecular weight excluding hydrogens is 256 g/mol. The van der Waals surface area contributed by atoms with Crippen molar-refractivity contribution in [2.45, 2.75) is 26.2 Å². The summed E-state index contributed by atoms with van der Waals surface area (Å²) in [6, 6.07) is 7.80. The van der Waals surface area contributed by atoms with Gasteiger partial charge in [-0.05, 0) is 30.4 Å². The first-order valence-corrected chi connectivity index (χ1v) is 7.92. The highest BCUT2D eigenvalue weighted by Gasteiger charge is 1.95. The third-order valence-electron chi connectivity index (χ3n) is 2.44. The van der Waals surface area contributed by atoms with Crippen LogP contribution in [-0.2, 0) is 0 Å². The average Bonchev–Trinajstić information content (AvgIpc) is 2.43. The Hall–Kier alpha value is -1.11. The Balaban J connectivity index is 2.30. The Morgan fingerprint density at radius 2 is 2.21 bits per heavy atom. The second-order valence-electron chi connectivity index (χ2n) is 4.12. The number of aliphatic hydroxyl groups is 1. The number of unbranched alkanes of at least 4 members (excludes halogenated alkanes) is 1. The molecule has 0 aliphatic carbocycles. The van der Waals surface area contributed by atoms with E-state index in [1.165, 1.54) is 18.6 Å². The van der Waals surface area contributed by atoms with Gasteiger partial charge in [-0.2, -0.15) is 11.8 Å². The van der Waals surface area contributed by atoms with E-state index < -0.39 is 0 Å². The molecule has 0 aliphatic heterocycles. The molecule has 1 aromatic carbocycles. The first-order chi connectivity index (χ1) is 9.36. The molecule has 2 nitrogen and oxygen atoms in total.